The third-order valence-corrected chi connectivity index (χ3v) is 5.06. The maximum absolute atomic E-state index is 11.4. The van der Waals surface area contributed by atoms with Crippen LogP contribution in [0.15, 0.2) is 18.2 Å². The van der Waals surface area contributed by atoms with Crippen LogP contribution in [0.4, 0.5) is 5.69 Å². The van der Waals surface area contributed by atoms with Gasteiger partial charge in [-0.1, -0.05) is 23.8 Å². The molecule has 98 valence electrons. The average molecular weight is 305 g/mol. The zero-order valence-electron chi connectivity index (χ0n) is 9.60. The first-order valence-electron chi connectivity index (χ1n) is 5.44. The van der Waals surface area contributed by atoms with Gasteiger partial charge in [0.2, 0.25) is 0 Å². The van der Waals surface area contributed by atoms with E-state index in [1.165, 1.54) is 0 Å². The second kappa shape index (κ2) is 5.03. The highest BCUT2D eigenvalue weighted by molar-refractivity contribution is 7.91. The van der Waals surface area contributed by atoms with E-state index in [0.29, 0.717) is 28.7 Å². The molecule has 1 aromatic carbocycles. The lowest BCUT2D eigenvalue weighted by Gasteiger charge is -2.29. The quantitative estimate of drug-likeness (QED) is 0.832. The van der Waals surface area contributed by atoms with Crippen molar-refractivity contribution >= 4 is 44.3 Å². The molecule has 0 aromatic heterocycles. The maximum atomic E-state index is 11.4. The lowest BCUT2D eigenvalue weighted by atomic mass is 10.2. The summed E-state index contributed by atoms with van der Waals surface area (Å²) < 4.78 is 22.7. The Labute approximate surface area is 117 Å². The van der Waals surface area contributed by atoms with Crippen molar-refractivity contribution in [3.8, 4) is 0 Å². The number of thiocarbonyl (C=S) groups is 1. The molecule has 1 aliphatic heterocycles. The molecule has 2 rings (SSSR count). The summed E-state index contributed by atoms with van der Waals surface area (Å²) in [5.74, 6) is 0.334. The number of rotatable bonds is 2. The molecule has 0 bridgehead atoms. The summed E-state index contributed by atoms with van der Waals surface area (Å²) in [6, 6.07) is 5.34. The molecular formula is C11H13ClN2O2S2. The van der Waals surface area contributed by atoms with Crippen LogP contribution >= 0.6 is 23.8 Å². The summed E-state index contributed by atoms with van der Waals surface area (Å²) >= 11 is 11.0. The van der Waals surface area contributed by atoms with Gasteiger partial charge in [-0.25, -0.2) is 8.42 Å². The minimum atomic E-state index is -2.88. The van der Waals surface area contributed by atoms with E-state index in [-0.39, 0.29) is 11.5 Å². The van der Waals surface area contributed by atoms with Crippen molar-refractivity contribution in [2.45, 2.75) is 0 Å². The maximum Gasteiger partial charge on any atom is 0.153 e. The van der Waals surface area contributed by atoms with Crippen LogP contribution < -0.4 is 10.6 Å². The zero-order valence-corrected chi connectivity index (χ0v) is 12.0. The van der Waals surface area contributed by atoms with Crippen molar-refractivity contribution in [2.75, 3.05) is 29.5 Å². The fourth-order valence-electron chi connectivity index (χ4n) is 1.87. The third-order valence-electron chi connectivity index (χ3n) is 2.92. The Balaban J connectivity index is 2.22. The van der Waals surface area contributed by atoms with E-state index in [0.717, 1.165) is 5.69 Å². The molecule has 1 heterocycles. The predicted octanol–water partition coefficient (Wildman–Crippen LogP) is 1.21. The highest BCUT2D eigenvalue weighted by atomic mass is 35.5. The molecule has 2 N–H and O–H groups in total. The van der Waals surface area contributed by atoms with Crippen LogP contribution in [0, 0.1) is 0 Å². The monoisotopic (exact) mass is 304 g/mol. The molecule has 0 saturated carbocycles. The number of nitrogens with zero attached hydrogens (tertiary/aromatic N) is 1. The zero-order chi connectivity index (χ0) is 13.3. The van der Waals surface area contributed by atoms with Gasteiger partial charge in [-0.15, -0.1) is 0 Å². The third kappa shape index (κ3) is 2.93. The molecule has 7 heteroatoms. The summed E-state index contributed by atoms with van der Waals surface area (Å²) in [6.45, 7) is 0.933. The SMILES string of the molecule is NC(=S)c1ccc(N2CCS(=O)(=O)CC2)c(Cl)c1. The molecule has 0 radical (unpaired) electrons. The number of sulfone groups is 1. The van der Waals surface area contributed by atoms with Gasteiger partial charge in [0, 0.05) is 18.7 Å². The van der Waals surface area contributed by atoms with Crippen LogP contribution in [-0.2, 0) is 9.84 Å². The van der Waals surface area contributed by atoms with Gasteiger partial charge < -0.3 is 10.6 Å². The van der Waals surface area contributed by atoms with Crippen LogP contribution in [0.25, 0.3) is 0 Å². The number of hydrogen-bond acceptors (Lipinski definition) is 4. The number of benzene rings is 1. The van der Waals surface area contributed by atoms with Gasteiger partial charge in [-0.05, 0) is 18.2 Å². The molecule has 0 amide bonds. The highest BCUT2D eigenvalue weighted by Crippen LogP contribution is 2.28. The molecule has 1 saturated heterocycles. The first-order valence-corrected chi connectivity index (χ1v) is 8.04. The first kappa shape index (κ1) is 13.6. The number of halogens is 1. The Hall–Kier alpha value is -0.850. The Morgan fingerprint density at radius 3 is 2.44 bits per heavy atom. The standard InChI is InChI=1S/C11H13ClN2O2S2/c12-9-7-8(11(13)17)1-2-10(9)14-3-5-18(15,16)6-4-14/h1-2,7H,3-6H2,(H2,13,17). The van der Waals surface area contributed by atoms with Crippen LogP contribution in [-0.4, -0.2) is 38.0 Å². The van der Waals surface area contributed by atoms with Crippen molar-refractivity contribution in [3.05, 3.63) is 28.8 Å². The van der Waals surface area contributed by atoms with Crippen LogP contribution in [0.1, 0.15) is 5.56 Å². The molecule has 0 aliphatic carbocycles. The van der Waals surface area contributed by atoms with E-state index in [1.807, 2.05) is 11.0 Å². The van der Waals surface area contributed by atoms with E-state index in [9.17, 15) is 8.42 Å². The smallest absolute Gasteiger partial charge is 0.153 e. The second-order valence-electron chi connectivity index (χ2n) is 4.17. The lowest BCUT2D eigenvalue weighted by molar-refractivity contribution is 0.587. The highest BCUT2D eigenvalue weighted by Gasteiger charge is 2.23. The molecule has 18 heavy (non-hydrogen) atoms. The van der Waals surface area contributed by atoms with Crippen molar-refractivity contribution < 1.29 is 8.42 Å². The topological polar surface area (TPSA) is 63.4 Å². The van der Waals surface area contributed by atoms with Crippen LogP contribution in [0.3, 0.4) is 0 Å². The van der Waals surface area contributed by atoms with Gasteiger partial charge in [-0.3, -0.25) is 0 Å². The molecule has 1 fully saturated rings. The van der Waals surface area contributed by atoms with E-state index in [1.54, 1.807) is 12.1 Å². The average Bonchev–Trinajstić information content (AvgIpc) is 2.29. The molecular weight excluding hydrogens is 292 g/mol. The normalized spacial score (nSPS) is 18.6. The molecule has 4 nitrogen and oxygen atoms in total. The summed E-state index contributed by atoms with van der Waals surface area (Å²) in [5, 5.41) is 0.541. The first-order chi connectivity index (χ1) is 8.39. The van der Waals surface area contributed by atoms with Gasteiger partial charge in [0.15, 0.2) is 9.84 Å². The molecule has 0 atom stereocenters. The van der Waals surface area contributed by atoms with Crippen molar-refractivity contribution in [1.82, 2.24) is 0 Å². The Bertz CT molecular complexity index is 573. The fourth-order valence-corrected chi connectivity index (χ4v) is 3.50. The Morgan fingerprint density at radius 1 is 1.33 bits per heavy atom. The largest absolute Gasteiger partial charge is 0.389 e. The van der Waals surface area contributed by atoms with Crippen LogP contribution in [0.2, 0.25) is 5.02 Å². The molecule has 1 aromatic rings. The van der Waals surface area contributed by atoms with Crippen molar-refractivity contribution in [2.24, 2.45) is 5.73 Å². The minimum absolute atomic E-state index is 0.167. The van der Waals surface area contributed by atoms with Gasteiger partial charge >= 0.3 is 0 Å². The van der Waals surface area contributed by atoms with Gasteiger partial charge in [0.1, 0.15) is 4.99 Å². The Kier molecular flexibility index (Phi) is 3.79. The van der Waals surface area contributed by atoms with E-state index in [2.05, 4.69) is 0 Å². The van der Waals surface area contributed by atoms with Gasteiger partial charge in [0.25, 0.3) is 0 Å². The molecule has 0 spiro atoms. The van der Waals surface area contributed by atoms with Crippen molar-refractivity contribution in [1.29, 1.82) is 0 Å². The molecule has 0 unspecified atom stereocenters. The molecule has 1 aliphatic rings. The predicted molar refractivity (Wildman–Crippen MR) is 78.2 cm³/mol. The summed E-state index contributed by atoms with van der Waals surface area (Å²) in [7, 11) is -2.88. The minimum Gasteiger partial charge on any atom is -0.389 e. The number of nitrogens with two attached hydrogens (primary N) is 1. The lowest BCUT2D eigenvalue weighted by Crippen LogP contribution is -2.40. The number of hydrogen-bond donors (Lipinski definition) is 1. The van der Waals surface area contributed by atoms with E-state index >= 15 is 0 Å². The van der Waals surface area contributed by atoms with E-state index < -0.39 is 9.84 Å². The Morgan fingerprint density at radius 2 is 1.94 bits per heavy atom. The van der Waals surface area contributed by atoms with Crippen molar-refractivity contribution in [3.63, 3.8) is 0 Å². The number of anilines is 1. The van der Waals surface area contributed by atoms with Crippen LogP contribution in [0.5, 0.6) is 0 Å². The summed E-state index contributed by atoms with van der Waals surface area (Å²) in [6.07, 6.45) is 0. The van der Waals surface area contributed by atoms with E-state index in [4.69, 9.17) is 29.6 Å². The second-order valence-corrected chi connectivity index (χ2v) is 7.32. The fraction of sp³-hybridized carbons (Fsp3) is 0.364. The summed E-state index contributed by atoms with van der Waals surface area (Å²) in [5.41, 5.74) is 7.06. The van der Waals surface area contributed by atoms with Gasteiger partial charge in [-0.2, -0.15) is 0 Å². The summed E-state index contributed by atoms with van der Waals surface area (Å²) in [4.78, 5) is 2.26. The van der Waals surface area contributed by atoms with Gasteiger partial charge in [0.05, 0.1) is 22.2 Å².